The summed E-state index contributed by atoms with van der Waals surface area (Å²) in [7, 11) is 0. The molecule has 174 valence electrons. The molecule has 0 N–H and O–H groups in total. The Kier molecular flexibility index (Phi) is 9.05. The van der Waals surface area contributed by atoms with Gasteiger partial charge in [-0.15, -0.1) is 0 Å². The number of aryl methyl sites for hydroxylation is 4. The highest BCUT2D eigenvalue weighted by atomic mass is 14.2. The van der Waals surface area contributed by atoms with E-state index in [9.17, 15) is 0 Å². The minimum absolute atomic E-state index is 1.19. The van der Waals surface area contributed by atoms with Crippen LogP contribution in [0, 0.1) is 13.8 Å². The van der Waals surface area contributed by atoms with Crippen molar-refractivity contribution in [3.05, 3.63) is 119 Å². The second-order valence-corrected chi connectivity index (χ2v) is 8.26. The highest BCUT2D eigenvalue weighted by Crippen LogP contribution is 2.33. The van der Waals surface area contributed by atoms with E-state index in [1.54, 1.807) is 0 Å². The molecule has 0 unspecified atom stereocenters. The third-order valence-electron chi connectivity index (χ3n) is 6.27. The normalized spacial score (nSPS) is 11.0. The van der Waals surface area contributed by atoms with E-state index in [2.05, 4.69) is 111 Å². The lowest BCUT2D eigenvalue weighted by Crippen LogP contribution is -2.03. The highest BCUT2D eigenvalue weighted by Gasteiger charge is 2.14. The van der Waals surface area contributed by atoms with Crippen molar-refractivity contribution >= 4 is 21.5 Å². The van der Waals surface area contributed by atoms with Crippen molar-refractivity contribution in [1.29, 1.82) is 0 Å². The van der Waals surface area contributed by atoms with Crippen LogP contribution in [0.15, 0.2) is 97.1 Å². The van der Waals surface area contributed by atoms with Gasteiger partial charge in [0.15, 0.2) is 0 Å². The van der Waals surface area contributed by atoms with Crippen molar-refractivity contribution < 1.29 is 0 Å². The molecule has 0 spiro atoms. The molecule has 34 heavy (non-hydrogen) atoms. The Hall–Kier alpha value is -3.38. The van der Waals surface area contributed by atoms with Crippen molar-refractivity contribution in [2.75, 3.05) is 0 Å². The van der Waals surface area contributed by atoms with E-state index in [1.165, 1.54) is 67.8 Å². The average Bonchev–Trinajstić information content (AvgIpc) is 2.91. The molecule has 0 atom stereocenters. The molecule has 0 bridgehead atoms. The van der Waals surface area contributed by atoms with Crippen molar-refractivity contribution in [1.82, 2.24) is 0 Å². The number of benzene rings is 5. The van der Waals surface area contributed by atoms with Crippen molar-refractivity contribution in [2.24, 2.45) is 0 Å². The largest absolute Gasteiger partial charge is 0.0683 e. The van der Waals surface area contributed by atoms with Crippen LogP contribution in [0.25, 0.3) is 32.7 Å². The average molecular weight is 447 g/mol. The Morgan fingerprint density at radius 2 is 0.971 bits per heavy atom. The molecule has 0 nitrogen and oxygen atoms in total. The van der Waals surface area contributed by atoms with Gasteiger partial charge in [0.25, 0.3) is 0 Å². The molecule has 0 saturated carbocycles. The van der Waals surface area contributed by atoms with E-state index in [1.807, 2.05) is 27.7 Å². The summed E-state index contributed by atoms with van der Waals surface area (Å²) >= 11 is 0. The SMILES string of the molecule is CC.CC.Cc1c2ccccc2cc2ccccc12.Cc1ccc2c(c1)CCc1ccccc1-2. The molecular formula is C34H38. The molecule has 5 aromatic carbocycles. The standard InChI is InChI=1S/C15H12.C15H14.2C2H6/c1-11-14-8-4-2-6-12(14)10-13-7-3-5-9-15(11)13;1-11-6-9-15-13(10-11)8-7-12-4-2-3-5-14(12)15;2*1-2/h2-10H,1H3;2-6,9-10H,7-8H2,1H3;2*1-2H3. The van der Waals surface area contributed by atoms with Crippen LogP contribution in [0.1, 0.15) is 49.9 Å². The van der Waals surface area contributed by atoms with Crippen LogP contribution in [0.3, 0.4) is 0 Å². The van der Waals surface area contributed by atoms with E-state index >= 15 is 0 Å². The molecule has 1 aliphatic rings. The predicted molar refractivity (Wildman–Crippen MR) is 153 cm³/mol. The minimum atomic E-state index is 1.19. The second-order valence-electron chi connectivity index (χ2n) is 8.26. The molecule has 0 radical (unpaired) electrons. The molecule has 0 amide bonds. The van der Waals surface area contributed by atoms with Gasteiger partial charge in [-0.1, -0.05) is 124 Å². The van der Waals surface area contributed by atoms with E-state index in [0.29, 0.717) is 0 Å². The van der Waals surface area contributed by atoms with Gasteiger partial charge in [-0.3, -0.25) is 0 Å². The first-order chi connectivity index (χ1) is 16.7. The van der Waals surface area contributed by atoms with E-state index in [4.69, 9.17) is 0 Å². The summed E-state index contributed by atoms with van der Waals surface area (Å²) in [6, 6.07) is 34.9. The van der Waals surface area contributed by atoms with E-state index < -0.39 is 0 Å². The first-order valence-corrected chi connectivity index (χ1v) is 12.8. The summed E-state index contributed by atoms with van der Waals surface area (Å²) in [4.78, 5) is 0. The van der Waals surface area contributed by atoms with Gasteiger partial charge in [0.05, 0.1) is 0 Å². The molecule has 0 aliphatic heterocycles. The van der Waals surface area contributed by atoms with Gasteiger partial charge in [0.2, 0.25) is 0 Å². The van der Waals surface area contributed by atoms with Crippen LogP contribution in [0.5, 0.6) is 0 Å². The van der Waals surface area contributed by atoms with E-state index in [-0.39, 0.29) is 0 Å². The zero-order valence-electron chi connectivity index (χ0n) is 21.7. The molecule has 5 aromatic rings. The first kappa shape index (κ1) is 25.2. The monoisotopic (exact) mass is 446 g/mol. The minimum Gasteiger partial charge on any atom is -0.0683 e. The van der Waals surface area contributed by atoms with E-state index in [0.717, 1.165) is 0 Å². The van der Waals surface area contributed by atoms with Gasteiger partial charge in [0.1, 0.15) is 0 Å². The summed E-state index contributed by atoms with van der Waals surface area (Å²) in [6.45, 7) is 12.4. The van der Waals surface area contributed by atoms with Gasteiger partial charge in [-0.25, -0.2) is 0 Å². The van der Waals surface area contributed by atoms with Crippen LogP contribution in [0.4, 0.5) is 0 Å². The fraction of sp³-hybridized carbons (Fsp3) is 0.235. The Labute approximate surface area is 206 Å². The summed E-state index contributed by atoms with van der Waals surface area (Å²) in [5.41, 5.74) is 8.61. The lowest BCUT2D eigenvalue weighted by atomic mass is 9.85. The predicted octanol–water partition coefficient (Wildman–Crippen LogP) is 10.1. The van der Waals surface area contributed by atoms with Crippen LogP contribution < -0.4 is 0 Å². The van der Waals surface area contributed by atoms with Crippen molar-refractivity contribution in [3.8, 4) is 11.1 Å². The second kappa shape index (κ2) is 12.2. The molecule has 0 fully saturated rings. The molecule has 0 saturated heterocycles. The van der Waals surface area contributed by atoms with Gasteiger partial charge < -0.3 is 0 Å². The number of hydrogen-bond donors (Lipinski definition) is 0. The Morgan fingerprint density at radius 1 is 0.471 bits per heavy atom. The van der Waals surface area contributed by atoms with Crippen LogP contribution in [-0.4, -0.2) is 0 Å². The van der Waals surface area contributed by atoms with Crippen LogP contribution in [0.2, 0.25) is 0 Å². The summed E-state index contributed by atoms with van der Waals surface area (Å²) in [6.07, 6.45) is 2.38. The Morgan fingerprint density at radius 3 is 1.62 bits per heavy atom. The number of hydrogen-bond acceptors (Lipinski definition) is 0. The summed E-state index contributed by atoms with van der Waals surface area (Å²) < 4.78 is 0. The maximum absolute atomic E-state index is 2.32. The third-order valence-corrected chi connectivity index (χ3v) is 6.27. The fourth-order valence-corrected chi connectivity index (χ4v) is 4.70. The Bertz CT molecular complexity index is 1300. The molecule has 0 aromatic heterocycles. The maximum Gasteiger partial charge on any atom is -0.0148 e. The van der Waals surface area contributed by atoms with Crippen LogP contribution >= 0.6 is 0 Å². The molecule has 1 aliphatic carbocycles. The lowest BCUT2D eigenvalue weighted by molar-refractivity contribution is 0.940. The van der Waals surface area contributed by atoms with Crippen molar-refractivity contribution in [3.63, 3.8) is 0 Å². The summed E-state index contributed by atoms with van der Waals surface area (Å²) in [5.74, 6) is 0. The molecule has 0 heterocycles. The maximum atomic E-state index is 2.32. The first-order valence-electron chi connectivity index (χ1n) is 12.8. The van der Waals surface area contributed by atoms with Gasteiger partial charge >= 0.3 is 0 Å². The highest BCUT2D eigenvalue weighted by molar-refractivity contribution is 6.01. The van der Waals surface area contributed by atoms with Crippen LogP contribution in [-0.2, 0) is 12.8 Å². The zero-order valence-corrected chi connectivity index (χ0v) is 21.7. The number of fused-ring (bicyclic) bond motifs is 5. The quantitative estimate of drug-likeness (QED) is 0.208. The molecule has 6 rings (SSSR count). The van der Waals surface area contributed by atoms with Crippen molar-refractivity contribution in [2.45, 2.75) is 54.4 Å². The van der Waals surface area contributed by atoms with Gasteiger partial charge in [-0.05, 0) is 82.1 Å². The lowest BCUT2D eigenvalue weighted by Gasteiger charge is -2.19. The number of rotatable bonds is 0. The smallest absolute Gasteiger partial charge is 0.0148 e. The summed E-state index contributed by atoms with van der Waals surface area (Å²) in [5, 5.41) is 5.37. The Balaban J connectivity index is 0.000000167. The topological polar surface area (TPSA) is 0 Å². The zero-order chi connectivity index (χ0) is 24.5. The fourth-order valence-electron chi connectivity index (χ4n) is 4.70. The van der Waals surface area contributed by atoms with Gasteiger partial charge in [-0.2, -0.15) is 0 Å². The van der Waals surface area contributed by atoms with Gasteiger partial charge in [0, 0.05) is 0 Å². The molecule has 0 heteroatoms. The third kappa shape index (κ3) is 5.39. The molecular weight excluding hydrogens is 408 g/mol.